The van der Waals surface area contributed by atoms with Gasteiger partial charge in [0.1, 0.15) is 0 Å². The van der Waals surface area contributed by atoms with Crippen LogP contribution < -0.4 is 4.74 Å². The largest absolute Gasteiger partial charge is 0.462 e. The maximum Gasteiger partial charge on any atom is 0.336 e. The summed E-state index contributed by atoms with van der Waals surface area (Å²) in [6.07, 6.45) is 2.41. The second-order valence-electron chi connectivity index (χ2n) is 5.69. The zero-order valence-corrected chi connectivity index (χ0v) is 13.5. The van der Waals surface area contributed by atoms with Gasteiger partial charge in [0.25, 0.3) is 0 Å². The highest BCUT2D eigenvalue weighted by Gasteiger charge is 2.19. The number of aromatic nitrogens is 3. The number of ether oxygens (including phenoxy) is 1. The number of rotatable bonds is 7. The summed E-state index contributed by atoms with van der Waals surface area (Å²) in [6, 6.07) is 9.86. The molecule has 5 nitrogen and oxygen atoms in total. The molecule has 118 valence electrons. The van der Waals surface area contributed by atoms with Crippen LogP contribution >= 0.6 is 0 Å². The number of unbranched alkanes of at least 4 members (excludes halogenated alkanes) is 1. The van der Waals surface area contributed by atoms with Crippen molar-refractivity contribution in [2.45, 2.75) is 40.0 Å². The topological polar surface area (TPSA) is 57.0 Å². The van der Waals surface area contributed by atoms with E-state index >= 15 is 0 Å². The molecule has 5 heteroatoms. The predicted molar refractivity (Wildman–Crippen MR) is 85.9 cm³/mol. The normalized spacial score (nSPS) is 10.9. The number of benzene rings is 1. The standard InChI is InChI=1S/C17H23N3O2/c1-4-5-11-22-17-18-16(14-9-7-6-8-10-14)20(19-17)15(21)12-13(2)3/h6-10,13H,4-5,11-12H2,1-3H3. The molecule has 1 heterocycles. The molecular formula is C17H23N3O2. The van der Waals surface area contributed by atoms with Crippen molar-refractivity contribution in [1.29, 1.82) is 0 Å². The van der Waals surface area contributed by atoms with Gasteiger partial charge in [-0.25, -0.2) is 0 Å². The van der Waals surface area contributed by atoms with Gasteiger partial charge in [-0.15, -0.1) is 5.10 Å². The van der Waals surface area contributed by atoms with Crippen LogP contribution in [0.15, 0.2) is 30.3 Å². The maximum absolute atomic E-state index is 12.4. The first-order valence-corrected chi connectivity index (χ1v) is 7.80. The van der Waals surface area contributed by atoms with E-state index in [1.165, 1.54) is 4.68 Å². The summed E-state index contributed by atoms with van der Waals surface area (Å²) >= 11 is 0. The van der Waals surface area contributed by atoms with Crippen LogP contribution in [0, 0.1) is 5.92 Å². The van der Waals surface area contributed by atoms with E-state index < -0.39 is 0 Å². The minimum Gasteiger partial charge on any atom is -0.462 e. The summed E-state index contributed by atoms with van der Waals surface area (Å²) in [5.41, 5.74) is 0.859. The Morgan fingerprint density at radius 3 is 2.64 bits per heavy atom. The number of hydrogen-bond donors (Lipinski definition) is 0. The fraction of sp³-hybridized carbons (Fsp3) is 0.471. The Balaban J connectivity index is 2.30. The smallest absolute Gasteiger partial charge is 0.336 e. The lowest BCUT2D eigenvalue weighted by Gasteiger charge is -2.06. The molecule has 0 bridgehead atoms. The second kappa shape index (κ2) is 7.73. The highest BCUT2D eigenvalue weighted by molar-refractivity contribution is 5.82. The van der Waals surface area contributed by atoms with Gasteiger partial charge in [-0.3, -0.25) is 4.79 Å². The van der Waals surface area contributed by atoms with Crippen LogP contribution in [0.3, 0.4) is 0 Å². The van der Waals surface area contributed by atoms with Gasteiger partial charge in [0, 0.05) is 12.0 Å². The minimum absolute atomic E-state index is 0.0632. The van der Waals surface area contributed by atoms with Crippen LogP contribution in [0.5, 0.6) is 6.01 Å². The summed E-state index contributed by atoms with van der Waals surface area (Å²) in [5.74, 6) is 0.745. The number of carbonyl (C=O) groups is 1. The van der Waals surface area contributed by atoms with Crippen LogP contribution in [0.4, 0.5) is 0 Å². The lowest BCUT2D eigenvalue weighted by atomic mass is 10.1. The molecule has 0 saturated carbocycles. The lowest BCUT2D eigenvalue weighted by molar-refractivity contribution is 0.0870. The van der Waals surface area contributed by atoms with Crippen molar-refractivity contribution in [1.82, 2.24) is 14.8 Å². The van der Waals surface area contributed by atoms with E-state index in [9.17, 15) is 4.79 Å². The summed E-state index contributed by atoms with van der Waals surface area (Å²) in [5, 5.41) is 4.25. The lowest BCUT2D eigenvalue weighted by Crippen LogP contribution is -2.16. The monoisotopic (exact) mass is 301 g/mol. The molecule has 22 heavy (non-hydrogen) atoms. The van der Waals surface area contributed by atoms with E-state index in [0.717, 1.165) is 18.4 Å². The van der Waals surface area contributed by atoms with Gasteiger partial charge in [0.05, 0.1) is 6.61 Å². The van der Waals surface area contributed by atoms with Crippen molar-refractivity contribution in [3.05, 3.63) is 30.3 Å². The van der Waals surface area contributed by atoms with Crippen molar-refractivity contribution in [2.75, 3.05) is 6.61 Å². The Morgan fingerprint density at radius 2 is 2.00 bits per heavy atom. The van der Waals surface area contributed by atoms with Gasteiger partial charge < -0.3 is 4.74 Å². The molecule has 2 aromatic rings. The summed E-state index contributed by atoms with van der Waals surface area (Å²) < 4.78 is 6.92. The zero-order valence-electron chi connectivity index (χ0n) is 13.5. The molecule has 0 spiro atoms. The van der Waals surface area contributed by atoms with Gasteiger partial charge in [0.15, 0.2) is 5.82 Å². The molecular weight excluding hydrogens is 278 g/mol. The molecule has 1 aromatic heterocycles. The predicted octanol–water partition coefficient (Wildman–Crippen LogP) is 3.81. The highest BCUT2D eigenvalue weighted by Crippen LogP contribution is 2.20. The quantitative estimate of drug-likeness (QED) is 0.730. The van der Waals surface area contributed by atoms with Gasteiger partial charge >= 0.3 is 6.01 Å². The third-order valence-electron chi connectivity index (χ3n) is 3.17. The Labute approximate surface area is 131 Å². The molecule has 0 fully saturated rings. The maximum atomic E-state index is 12.4. The molecule has 1 aromatic carbocycles. The van der Waals surface area contributed by atoms with E-state index in [0.29, 0.717) is 18.9 Å². The van der Waals surface area contributed by atoms with E-state index in [-0.39, 0.29) is 17.8 Å². The molecule has 2 rings (SSSR count). The van der Waals surface area contributed by atoms with Gasteiger partial charge in [0.2, 0.25) is 5.91 Å². The van der Waals surface area contributed by atoms with Gasteiger partial charge in [-0.1, -0.05) is 57.5 Å². The van der Waals surface area contributed by atoms with Crippen LogP contribution in [-0.4, -0.2) is 27.3 Å². The van der Waals surface area contributed by atoms with Crippen LogP contribution in [0.25, 0.3) is 11.4 Å². The molecule has 0 amide bonds. The Kier molecular flexibility index (Phi) is 5.69. The van der Waals surface area contributed by atoms with Crippen LogP contribution in [0.1, 0.15) is 44.8 Å². The molecule has 0 aliphatic heterocycles. The van der Waals surface area contributed by atoms with Gasteiger partial charge in [-0.05, 0) is 12.3 Å². The minimum atomic E-state index is -0.0632. The van der Waals surface area contributed by atoms with Gasteiger partial charge in [-0.2, -0.15) is 9.67 Å². The van der Waals surface area contributed by atoms with Crippen molar-refractivity contribution in [3.63, 3.8) is 0 Å². The van der Waals surface area contributed by atoms with Crippen LogP contribution in [0.2, 0.25) is 0 Å². The first kappa shape index (κ1) is 16.2. The van der Waals surface area contributed by atoms with Crippen molar-refractivity contribution >= 4 is 5.91 Å². The molecule has 0 N–H and O–H groups in total. The second-order valence-corrected chi connectivity index (χ2v) is 5.69. The van der Waals surface area contributed by atoms with E-state index in [4.69, 9.17) is 4.74 Å². The Bertz CT molecular complexity index is 606. The fourth-order valence-corrected chi connectivity index (χ4v) is 2.05. The summed E-state index contributed by atoms with van der Waals surface area (Å²) in [7, 11) is 0. The number of hydrogen-bond acceptors (Lipinski definition) is 4. The number of carbonyl (C=O) groups excluding carboxylic acids is 1. The molecule has 0 radical (unpaired) electrons. The Morgan fingerprint density at radius 1 is 1.27 bits per heavy atom. The first-order valence-electron chi connectivity index (χ1n) is 7.80. The third-order valence-corrected chi connectivity index (χ3v) is 3.17. The molecule has 0 saturated heterocycles. The Hall–Kier alpha value is -2.17. The summed E-state index contributed by atoms with van der Waals surface area (Å²) in [6.45, 7) is 6.68. The SMILES string of the molecule is CCCCOc1nc(-c2ccccc2)n(C(=O)CC(C)C)n1. The third kappa shape index (κ3) is 4.16. The molecule has 0 unspecified atom stereocenters. The van der Waals surface area contributed by atoms with Crippen molar-refractivity contribution in [3.8, 4) is 17.4 Å². The number of nitrogens with zero attached hydrogens (tertiary/aromatic N) is 3. The van der Waals surface area contributed by atoms with E-state index in [2.05, 4.69) is 17.0 Å². The molecule has 0 atom stereocenters. The zero-order chi connectivity index (χ0) is 15.9. The van der Waals surface area contributed by atoms with Crippen molar-refractivity contribution < 1.29 is 9.53 Å². The fourth-order valence-electron chi connectivity index (χ4n) is 2.05. The average molecular weight is 301 g/mol. The first-order chi connectivity index (χ1) is 10.6. The van der Waals surface area contributed by atoms with Crippen molar-refractivity contribution in [2.24, 2.45) is 5.92 Å². The average Bonchev–Trinajstić information content (AvgIpc) is 2.92. The summed E-state index contributed by atoms with van der Waals surface area (Å²) in [4.78, 5) is 16.8. The van der Waals surface area contributed by atoms with E-state index in [1.54, 1.807) is 0 Å². The van der Waals surface area contributed by atoms with Crippen LogP contribution in [-0.2, 0) is 0 Å². The molecule has 0 aliphatic rings. The highest BCUT2D eigenvalue weighted by atomic mass is 16.5. The molecule has 0 aliphatic carbocycles. The van der Waals surface area contributed by atoms with E-state index in [1.807, 2.05) is 44.2 Å².